The van der Waals surface area contributed by atoms with Gasteiger partial charge >= 0.3 is 11.9 Å². The van der Waals surface area contributed by atoms with Crippen molar-refractivity contribution in [3.05, 3.63) is 12.7 Å². The van der Waals surface area contributed by atoms with E-state index in [-0.39, 0.29) is 18.5 Å². The Hall–Kier alpha value is -1.36. The second-order valence-corrected chi connectivity index (χ2v) is 3.88. The lowest BCUT2D eigenvalue weighted by Crippen LogP contribution is -2.45. The molecule has 2 atom stereocenters. The second kappa shape index (κ2) is 7.06. The quantitative estimate of drug-likeness (QED) is 0.561. The zero-order chi connectivity index (χ0) is 12.7. The SMILES string of the molecule is C=CCOC(=O)[C@@H]1CCNC[C@H]1C(=O)OCC. The number of carbonyl (C=O) groups excluding carboxylic acids is 2. The van der Waals surface area contributed by atoms with Crippen LogP contribution in [0.3, 0.4) is 0 Å². The van der Waals surface area contributed by atoms with Crippen LogP contribution in [0.25, 0.3) is 0 Å². The van der Waals surface area contributed by atoms with Gasteiger partial charge in [-0.1, -0.05) is 12.7 Å². The molecule has 1 heterocycles. The summed E-state index contributed by atoms with van der Waals surface area (Å²) in [6, 6.07) is 0. The van der Waals surface area contributed by atoms with Crippen LogP contribution in [-0.4, -0.2) is 38.2 Å². The number of nitrogens with one attached hydrogen (secondary N) is 1. The summed E-state index contributed by atoms with van der Waals surface area (Å²) >= 11 is 0. The van der Waals surface area contributed by atoms with Crippen LogP contribution in [0.5, 0.6) is 0 Å². The number of carbonyl (C=O) groups is 2. The summed E-state index contributed by atoms with van der Waals surface area (Å²) in [7, 11) is 0. The van der Waals surface area contributed by atoms with Gasteiger partial charge in [-0.2, -0.15) is 0 Å². The summed E-state index contributed by atoms with van der Waals surface area (Å²) in [4.78, 5) is 23.5. The Morgan fingerprint density at radius 3 is 2.71 bits per heavy atom. The maximum atomic E-state index is 11.8. The zero-order valence-corrected chi connectivity index (χ0v) is 10.1. The third-order valence-electron chi connectivity index (χ3n) is 2.72. The van der Waals surface area contributed by atoms with E-state index in [0.717, 1.165) is 0 Å². The number of esters is 2. The topological polar surface area (TPSA) is 64.6 Å². The summed E-state index contributed by atoms with van der Waals surface area (Å²) in [5.74, 6) is -1.53. The molecule has 0 saturated carbocycles. The van der Waals surface area contributed by atoms with E-state index in [9.17, 15) is 9.59 Å². The molecule has 0 aromatic heterocycles. The van der Waals surface area contributed by atoms with Gasteiger partial charge in [0.2, 0.25) is 0 Å². The first-order chi connectivity index (χ1) is 8.20. The minimum absolute atomic E-state index is 0.179. The fourth-order valence-corrected chi connectivity index (χ4v) is 1.89. The molecule has 96 valence electrons. The molecule has 0 unspecified atom stereocenters. The third-order valence-corrected chi connectivity index (χ3v) is 2.72. The van der Waals surface area contributed by atoms with Gasteiger partial charge in [0.05, 0.1) is 18.4 Å². The normalized spacial score (nSPS) is 23.8. The molecule has 17 heavy (non-hydrogen) atoms. The maximum absolute atomic E-state index is 11.8. The number of hydrogen-bond donors (Lipinski definition) is 1. The molecule has 1 saturated heterocycles. The van der Waals surface area contributed by atoms with Crippen molar-refractivity contribution in [1.82, 2.24) is 5.32 Å². The lowest BCUT2D eigenvalue weighted by Gasteiger charge is -2.28. The first-order valence-corrected chi connectivity index (χ1v) is 5.85. The van der Waals surface area contributed by atoms with Crippen LogP contribution in [0, 0.1) is 11.8 Å². The van der Waals surface area contributed by atoms with Crippen LogP contribution >= 0.6 is 0 Å². The Morgan fingerprint density at radius 1 is 1.35 bits per heavy atom. The molecule has 1 aliphatic heterocycles. The van der Waals surface area contributed by atoms with E-state index < -0.39 is 11.8 Å². The minimum Gasteiger partial charge on any atom is -0.466 e. The fraction of sp³-hybridized carbons (Fsp3) is 0.667. The van der Waals surface area contributed by atoms with Crippen LogP contribution in [0.15, 0.2) is 12.7 Å². The maximum Gasteiger partial charge on any atom is 0.311 e. The number of rotatable bonds is 5. The van der Waals surface area contributed by atoms with Gasteiger partial charge in [0.15, 0.2) is 0 Å². The predicted octanol–water partition coefficient (Wildman–Crippen LogP) is 0.504. The van der Waals surface area contributed by atoms with E-state index in [1.165, 1.54) is 6.08 Å². The van der Waals surface area contributed by atoms with Crippen LogP contribution in [0.2, 0.25) is 0 Å². The predicted molar refractivity (Wildman–Crippen MR) is 62.3 cm³/mol. The van der Waals surface area contributed by atoms with Crippen LogP contribution in [-0.2, 0) is 19.1 Å². The van der Waals surface area contributed by atoms with Gasteiger partial charge in [-0.3, -0.25) is 9.59 Å². The molecule has 0 amide bonds. The van der Waals surface area contributed by atoms with Gasteiger partial charge in [-0.15, -0.1) is 0 Å². The van der Waals surface area contributed by atoms with Crippen LogP contribution < -0.4 is 5.32 Å². The Bertz CT molecular complexity index is 290. The molecule has 0 radical (unpaired) electrons. The molecule has 0 bridgehead atoms. The lowest BCUT2D eigenvalue weighted by atomic mass is 9.86. The molecular formula is C12H19NO4. The first-order valence-electron chi connectivity index (χ1n) is 5.85. The largest absolute Gasteiger partial charge is 0.466 e. The minimum atomic E-state index is -0.444. The molecule has 0 aromatic carbocycles. The zero-order valence-electron chi connectivity index (χ0n) is 10.1. The van der Waals surface area contributed by atoms with Crippen molar-refractivity contribution in [2.45, 2.75) is 13.3 Å². The van der Waals surface area contributed by atoms with Crippen LogP contribution in [0.1, 0.15) is 13.3 Å². The Labute approximate surface area is 101 Å². The van der Waals surface area contributed by atoms with E-state index in [1.54, 1.807) is 6.92 Å². The van der Waals surface area contributed by atoms with Crippen LogP contribution in [0.4, 0.5) is 0 Å². The van der Waals surface area contributed by atoms with Crippen molar-refractivity contribution in [1.29, 1.82) is 0 Å². The van der Waals surface area contributed by atoms with Gasteiger partial charge in [0, 0.05) is 6.54 Å². The molecule has 0 spiro atoms. The molecule has 5 heteroatoms. The lowest BCUT2D eigenvalue weighted by molar-refractivity contribution is -0.161. The van der Waals surface area contributed by atoms with E-state index in [0.29, 0.717) is 26.1 Å². The summed E-state index contributed by atoms with van der Waals surface area (Å²) in [6.45, 7) is 6.91. The summed E-state index contributed by atoms with van der Waals surface area (Å²) in [6.07, 6.45) is 2.11. The Balaban J connectivity index is 2.61. The fourth-order valence-electron chi connectivity index (χ4n) is 1.89. The average Bonchev–Trinajstić information content (AvgIpc) is 2.36. The van der Waals surface area contributed by atoms with Gasteiger partial charge < -0.3 is 14.8 Å². The third kappa shape index (κ3) is 3.85. The Kier molecular flexibility index (Phi) is 5.69. The molecule has 1 fully saturated rings. The smallest absolute Gasteiger partial charge is 0.311 e. The van der Waals surface area contributed by atoms with Crippen molar-refractivity contribution in [3.8, 4) is 0 Å². The summed E-state index contributed by atoms with van der Waals surface area (Å²) in [5.41, 5.74) is 0. The summed E-state index contributed by atoms with van der Waals surface area (Å²) in [5, 5.41) is 3.09. The van der Waals surface area contributed by atoms with Crippen molar-refractivity contribution in [3.63, 3.8) is 0 Å². The average molecular weight is 241 g/mol. The van der Waals surface area contributed by atoms with Gasteiger partial charge in [-0.05, 0) is 19.9 Å². The standard InChI is InChI=1S/C12H19NO4/c1-3-7-17-11(14)9-5-6-13-8-10(9)12(15)16-4-2/h3,9-10,13H,1,4-8H2,2H3/t9-,10-/m1/s1. The van der Waals surface area contributed by atoms with Gasteiger partial charge in [0.25, 0.3) is 0 Å². The number of piperidine rings is 1. The van der Waals surface area contributed by atoms with E-state index in [2.05, 4.69) is 11.9 Å². The second-order valence-electron chi connectivity index (χ2n) is 3.88. The highest BCUT2D eigenvalue weighted by atomic mass is 16.5. The highest BCUT2D eigenvalue weighted by Gasteiger charge is 2.37. The molecular weight excluding hydrogens is 222 g/mol. The molecule has 0 aliphatic carbocycles. The molecule has 0 aromatic rings. The number of ether oxygens (including phenoxy) is 2. The summed E-state index contributed by atoms with van der Waals surface area (Å²) < 4.78 is 9.96. The Morgan fingerprint density at radius 2 is 2.06 bits per heavy atom. The molecule has 5 nitrogen and oxygen atoms in total. The molecule has 1 rings (SSSR count). The monoisotopic (exact) mass is 241 g/mol. The molecule has 1 N–H and O–H groups in total. The van der Waals surface area contributed by atoms with Gasteiger partial charge in [0.1, 0.15) is 6.61 Å². The van der Waals surface area contributed by atoms with Crippen molar-refractivity contribution >= 4 is 11.9 Å². The van der Waals surface area contributed by atoms with Crippen molar-refractivity contribution < 1.29 is 19.1 Å². The van der Waals surface area contributed by atoms with Crippen molar-refractivity contribution in [2.75, 3.05) is 26.3 Å². The first kappa shape index (κ1) is 13.7. The number of hydrogen-bond acceptors (Lipinski definition) is 5. The van der Waals surface area contributed by atoms with Gasteiger partial charge in [-0.25, -0.2) is 0 Å². The highest BCUT2D eigenvalue weighted by molar-refractivity contribution is 5.82. The van der Waals surface area contributed by atoms with E-state index >= 15 is 0 Å². The van der Waals surface area contributed by atoms with E-state index in [4.69, 9.17) is 9.47 Å². The van der Waals surface area contributed by atoms with Crippen molar-refractivity contribution in [2.24, 2.45) is 11.8 Å². The van der Waals surface area contributed by atoms with E-state index in [1.807, 2.05) is 0 Å². The highest BCUT2D eigenvalue weighted by Crippen LogP contribution is 2.22. The molecule has 1 aliphatic rings.